The lowest BCUT2D eigenvalue weighted by Gasteiger charge is -2.15. The molecule has 3 rings (SSSR count). The molecule has 0 saturated carbocycles. The summed E-state index contributed by atoms with van der Waals surface area (Å²) in [5.41, 5.74) is 4.55. The van der Waals surface area contributed by atoms with Crippen molar-refractivity contribution in [1.29, 1.82) is 0 Å². The number of allylic oxidation sites excluding steroid dienone is 2. The molecule has 2 bridgehead atoms. The lowest BCUT2D eigenvalue weighted by molar-refractivity contribution is 0.414. The van der Waals surface area contributed by atoms with E-state index in [0.717, 1.165) is 5.75 Å². The number of hydrogen-bond donors (Lipinski definition) is 0. The van der Waals surface area contributed by atoms with Gasteiger partial charge >= 0.3 is 0 Å². The number of benzene rings is 1. The monoisotopic (exact) mass is 186 g/mol. The molecule has 1 nitrogen and oxygen atoms in total. The van der Waals surface area contributed by atoms with Crippen LogP contribution >= 0.6 is 0 Å². The van der Waals surface area contributed by atoms with Crippen LogP contribution in [0.5, 0.6) is 5.75 Å². The van der Waals surface area contributed by atoms with Crippen LogP contribution in [0.1, 0.15) is 36.3 Å². The van der Waals surface area contributed by atoms with Gasteiger partial charge in [-0.2, -0.15) is 0 Å². The molecular weight excluding hydrogens is 172 g/mol. The van der Waals surface area contributed by atoms with Crippen LogP contribution in [-0.2, 0) is 0 Å². The fourth-order valence-corrected chi connectivity index (χ4v) is 2.85. The zero-order valence-electron chi connectivity index (χ0n) is 8.58. The molecule has 0 unspecified atom stereocenters. The minimum Gasteiger partial charge on any atom is -0.497 e. The van der Waals surface area contributed by atoms with E-state index in [9.17, 15) is 0 Å². The smallest absolute Gasteiger partial charge is 0.119 e. The SMILES string of the molecule is COc1ccc2c(c1)[C@@H]1C[C@H]2C=C1C. The summed E-state index contributed by atoms with van der Waals surface area (Å²) in [6.07, 6.45) is 3.70. The third kappa shape index (κ3) is 0.899. The number of hydrogen-bond acceptors (Lipinski definition) is 1. The fraction of sp³-hybridized carbons (Fsp3) is 0.385. The molecule has 72 valence electrons. The van der Waals surface area contributed by atoms with E-state index in [1.165, 1.54) is 23.1 Å². The highest BCUT2D eigenvalue weighted by Gasteiger charge is 2.35. The molecule has 0 aromatic heterocycles. The van der Waals surface area contributed by atoms with Crippen LogP contribution in [0.2, 0.25) is 0 Å². The predicted molar refractivity (Wildman–Crippen MR) is 56.9 cm³/mol. The molecule has 2 aliphatic rings. The van der Waals surface area contributed by atoms with Crippen molar-refractivity contribution in [2.24, 2.45) is 0 Å². The summed E-state index contributed by atoms with van der Waals surface area (Å²) in [5, 5.41) is 0. The van der Waals surface area contributed by atoms with E-state index in [-0.39, 0.29) is 0 Å². The minimum atomic E-state index is 0.671. The fourth-order valence-electron chi connectivity index (χ4n) is 2.85. The van der Waals surface area contributed by atoms with Gasteiger partial charge in [0.05, 0.1) is 7.11 Å². The van der Waals surface area contributed by atoms with Gasteiger partial charge in [0.1, 0.15) is 5.75 Å². The first-order valence-electron chi connectivity index (χ1n) is 5.15. The number of rotatable bonds is 1. The second kappa shape index (κ2) is 2.63. The van der Waals surface area contributed by atoms with Gasteiger partial charge in [0.15, 0.2) is 0 Å². The van der Waals surface area contributed by atoms with Crippen LogP contribution in [0.15, 0.2) is 29.8 Å². The second-order valence-electron chi connectivity index (χ2n) is 4.30. The Kier molecular flexibility index (Phi) is 1.52. The predicted octanol–water partition coefficient (Wildman–Crippen LogP) is 3.23. The van der Waals surface area contributed by atoms with Gasteiger partial charge in [-0.15, -0.1) is 0 Å². The van der Waals surface area contributed by atoms with E-state index in [1.54, 1.807) is 7.11 Å². The lowest BCUT2D eigenvalue weighted by atomic mass is 9.92. The van der Waals surface area contributed by atoms with E-state index in [4.69, 9.17) is 4.74 Å². The normalized spacial score (nSPS) is 27.4. The van der Waals surface area contributed by atoms with Crippen LogP contribution in [0.25, 0.3) is 0 Å². The molecule has 1 aromatic carbocycles. The Hall–Kier alpha value is -1.24. The topological polar surface area (TPSA) is 9.23 Å². The van der Waals surface area contributed by atoms with Crippen molar-refractivity contribution in [1.82, 2.24) is 0 Å². The molecule has 2 aliphatic carbocycles. The van der Waals surface area contributed by atoms with E-state index < -0.39 is 0 Å². The van der Waals surface area contributed by atoms with Gasteiger partial charge in [-0.05, 0) is 36.6 Å². The van der Waals surface area contributed by atoms with Crippen molar-refractivity contribution < 1.29 is 4.74 Å². The van der Waals surface area contributed by atoms with Crippen LogP contribution in [0.4, 0.5) is 0 Å². The first-order valence-corrected chi connectivity index (χ1v) is 5.15. The summed E-state index contributed by atoms with van der Waals surface area (Å²) < 4.78 is 5.26. The van der Waals surface area contributed by atoms with Crippen molar-refractivity contribution in [3.05, 3.63) is 41.0 Å². The van der Waals surface area contributed by atoms with E-state index in [2.05, 4.69) is 31.2 Å². The molecule has 0 fully saturated rings. The van der Waals surface area contributed by atoms with Gasteiger partial charge in [0, 0.05) is 11.8 Å². The zero-order valence-corrected chi connectivity index (χ0v) is 8.58. The Morgan fingerprint density at radius 2 is 2.14 bits per heavy atom. The first kappa shape index (κ1) is 8.10. The minimum absolute atomic E-state index is 0.671. The molecule has 1 aromatic rings. The standard InChI is InChI=1S/C13H14O/c1-8-5-9-6-12(8)13-7-10(14-2)3-4-11(9)13/h3-5,7,9,12H,6H2,1-2H3/t9-,12-/m1/s1. The van der Waals surface area contributed by atoms with Crippen LogP contribution in [0, 0.1) is 0 Å². The highest BCUT2D eigenvalue weighted by molar-refractivity contribution is 5.52. The van der Waals surface area contributed by atoms with Gasteiger partial charge in [-0.3, -0.25) is 0 Å². The van der Waals surface area contributed by atoms with Gasteiger partial charge in [-0.1, -0.05) is 17.7 Å². The third-order valence-electron chi connectivity index (χ3n) is 3.57. The molecule has 0 heterocycles. The molecular formula is C13H14O. The Balaban J connectivity index is 2.13. The summed E-state index contributed by atoms with van der Waals surface area (Å²) in [7, 11) is 1.73. The molecule has 2 atom stereocenters. The van der Waals surface area contributed by atoms with E-state index in [1.807, 2.05) is 0 Å². The highest BCUT2D eigenvalue weighted by atomic mass is 16.5. The van der Waals surface area contributed by atoms with Crippen molar-refractivity contribution >= 4 is 0 Å². The lowest BCUT2D eigenvalue weighted by Crippen LogP contribution is -1.97. The molecule has 0 spiro atoms. The Morgan fingerprint density at radius 1 is 1.29 bits per heavy atom. The molecule has 0 amide bonds. The largest absolute Gasteiger partial charge is 0.497 e. The van der Waals surface area contributed by atoms with Gasteiger partial charge < -0.3 is 4.74 Å². The Labute approximate surface area is 84.4 Å². The van der Waals surface area contributed by atoms with Crippen LogP contribution in [0.3, 0.4) is 0 Å². The van der Waals surface area contributed by atoms with E-state index >= 15 is 0 Å². The maximum absolute atomic E-state index is 5.26. The van der Waals surface area contributed by atoms with Gasteiger partial charge in [-0.25, -0.2) is 0 Å². The quantitative estimate of drug-likeness (QED) is 0.612. The third-order valence-corrected chi connectivity index (χ3v) is 3.57. The number of methoxy groups -OCH3 is 1. The number of fused-ring (bicyclic) bond motifs is 5. The molecule has 0 N–H and O–H groups in total. The first-order chi connectivity index (χ1) is 6.79. The van der Waals surface area contributed by atoms with E-state index in [0.29, 0.717) is 11.8 Å². The Bertz CT molecular complexity index is 417. The Morgan fingerprint density at radius 3 is 2.93 bits per heavy atom. The molecule has 0 aliphatic heterocycles. The van der Waals surface area contributed by atoms with Crippen molar-refractivity contribution in [3.63, 3.8) is 0 Å². The molecule has 14 heavy (non-hydrogen) atoms. The maximum Gasteiger partial charge on any atom is 0.119 e. The summed E-state index contributed by atoms with van der Waals surface area (Å²) in [6.45, 7) is 2.24. The van der Waals surface area contributed by atoms with Crippen molar-refractivity contribution in [2.45, 2.75) is 25.2 Å². The molecule has 0 saturated heterocycles. The second-order valence-corrected chi connectivity index (χ2v) is 4.30. The average molecular weight is 186 g/mol. The summed E-state index contributed by atoms with van der Waals surface area (Å²) in [5.74, 6) is 2.34. The van der Waals surface area contributed by atoms with Crippen molar-refractivity contribution in [3.8, 4) is 5.75 Å². The van der Waals surface area contributed by atoms with Crippen LogP contribution in [-0.4, -0.2) is 7.11 Å². The number of ether oxygens (including phenoxy) is 1. The zero-order chi connectivity index (χ0) is 9.71. The highest BCUT2D eigenvalue weighted by Crippen LogP contribution is 2.52. The van der Waals surface area contributed by atoms with Crippen LogP contribution < -0.4 is 4.74 Å². The summed E-state index contributed by atoms with van der Waals surface area (Å²) in [4.78, 5) is 0. The molecule has 0 radical (unpaired) electrons. The maximum atomic E-state index is 5.26. The van der Waals surface area contributed by atoms with Gasteiger partial charge in [0.2, 0.25) is 0 Å². The van der Waals surface area contributed by atoms with Crippen molar-refractivity contribution in [2.75, 3.05) is 7.11 Å². The van der Waals surface area contributed by atoms with Gasteiger partial charge in [0.25, 0.3) is 0 Å². The average Bonchev–Trinajstić information content (AvgIpc) is 2.74. The summed E-state index contributed by atoms with van der Waals surface area (Å²) in [6, 6.07) is 6.50. The summed E-state index contributed by atoms with van der Waals surface area (Å²) >= 11 is 0. The molecule has 1 heteroatoms.